The molecule has 0 saturated carbocycles. The minimum Gasteiger partial charge on any atom is -0.332 e. The molecular weight excluding hydrogens is 228 g/mol. The molecule has 2 aliphatic heterocycles. The topological polar surface area (TPSA) is 50.2 Å². The average molecular weight is 248 g/mol. The van der Waals surface area contributed by atoms with Gasteiger partial charge in [0, 0.05) is 25.5 Å². The molecule has 5 heteroatoms. The minimum atomic E-state index is 0.0222. The molecule has 0 aliphatic carbocycles. The van der Waals surface area contributed by atoms with E-state index in [2.05, 4.69) is 14.9 Å². The summed E-state index contributed by atoms with van der Waals surface area (Å²) in [6, 6.07) is 0.0222. The number of imidazole rings is 1. The largest absolute Gasteiger partial charge is 0.332 e. The van der Waals surface area contributed by atoms with Crippen LogP contribution in [0.15, 0.2) is 12.4 Å². The van der Waals surface area contributed by atoms with Crippen LogP contribution in [0.3, 0.4) is 0 Å². The zero-order valence-electron chi connectivity index (χ0n) is 10.6. The second-order valence-corrected chi connectivity index (χ2v) is 5.15. The Morgan fingerprint density at radius 3 is 3.22 bits per heavy atom. The van der Waals surface area contributed by atoms with E-state index in [0.717, 1.165) is 38.3 Å². The van der Waals surface area contributed by atoms with E-state index in [1.54, 1.807) is 0 Å². The van der Waals surface area contributed by atoms with Gasteiger partial charge >= 0.3 is 0 Å². The van der Waals surface area contributed by atoms with Gasteiger partial charge in [-0.2, -0.15) is 0 Å². The molecule has 2 aliphatic rings. The quantitative estimate of drug-likeness (QED) is 0.798. The third-order valence-corrected chi connectivity index (χ3v) is 3.91. The van der Waals surface area contributed by atoms with E-state index >= 15 is 0 Å². The standard InChI is InChI=1S/C13H20N4O/c18-13(11-4-2-1-3-5-14-11)17-9-8-16-7-6-15-12(16)10-17/h6-7,11,14H,1-5,8-10H2. The molecule has 3 rings (SSSR count). The van der Waals surface area contributed by atoms with Crippen LogP contribution in [0.4, 0.5) is 0 Å². The number of amides is 1. The Morgan fingerprint density at radius 1 is 1.33 bits per heavy atom. The van der Waals surface area contributed by atoms with Crippen LogP contribution in [0.5, 0.6) is 0 Å². The van der Waals surface area contributed by atoms with Gasteiger partial charge < -0.3 is 14.8 Å². The molecule has 1 fully saturated rings. The van der Waals surface area contributed by atoms with Gasteiger partial charge in [0.15, 0.2) is 0 Å². The lowest BCUT2D eigenvalue weighted by molar-refractivity contribution is -0.135. The molecule has 0 radical (unpaired) electrons. The first-order valence-electron chi connectivity index (χ1n) is 6.87. The monoisotopic (exact) mass is 248 g/mol. The second-order valence-electron chi connectivity index (χ2n) is 5.15. The summed E-state index contributed by atoms with van der Waals surface area (Å²) in [7, 11) is 0. The maximum absolute atomic E-state index is 12.5. The van der Waals surface area contributed by atoms with Gasteiger partial charge in [-0.3, -0.25) is 4.79 Å². The van der Waals surface area contributed by atoms with Crippen molar-refractivity contribution >= 4 is 5.91 Å². The second kappa shape index (κ2) is 5.10. The highest BCUT2D eigenvalue weighted by Gasteiger charge is 2.27. The summed E-state index contributed by atoms with van der Waals surface area (Å²) in [5, 5.41) is 3.38. The lowest BCUT2D eigenvalue weighted by Gasteiger charge is -2.30. The lowest BCUT2D eigenvalue weighted by atomic mass is 10.1. The van der Waals surface area contributed by atoms with Gasteiger partial charge in [-0.05, 0) is 19.4 Å². The number of nitrogens with zero attached hydrogens (tertiary/aromatic N) is 3. The Bertz CT molecular complexity index is 420. The van der Waals surface area contributed by atoms with Crippen molar-refractivity contribution in [1.29, 1.82) is 0 Å². The van der Waals surface area contributed by atoms with E-state index in [1.807, 2.05) is 17.3 Å². The van der Waals surface area contributed by atoms with Crippen molar-refractivity contribution in [2.75, 3.05) is 13.1 Å². The molecule has 5 nitrogen and oxygen atoms in total. The minimum absolute atomic E-state index is 0.0222. The van der Waals surface area contributed by atoms with Crippen molar-refractivity contribution in [3.05, 3.63) is 18.2 Å². The van der Waals surface area contributed by atoms with Gasteiger partial charge in [-0.1, -0.05) is 12.8 Å². The molecule has 1 aromatic heterocycles. The maximum atomic E-state index is 12.5. The number of hydrogen-bond acceptors (Lipinski definition) is 3. The third kappa shape index (κ3) is 2.27. The molecule has 1 aromatic rings. The molecular formula is C13H20N4O. The van der Waals surface area contributed by atoms with E-state index < -0.39 is 0 Å². The summed E-state index contributed by atoms with van der Waals surface area (Å²) in [5.41, 5.74) is 0. The summed E-state index contributed by atoms with van der Waals surface area (Å²) in [6.45, 7) is 3.30. The first-order valence-corrected chi connectivity index (χ1v) is 6.87. The van der Waals surface area contributed by atoms with Gasteiger partial charge in [0.05, 0.1) is 12.6 Å². The highest BCUT2D eigenvalue weighted by Crippen LogP contribution is 2.15. The molecule has 3 heterocycles. The van der Waals surface area contributed by atoms with Gasteiger partial charge in [-0.15, -0.1) is 0 Å². The fraction of sp³-hybridized carbons (Fsp3) is 0.692. The molecule has 1 atom stereocenters. The highest BCUT2D eigenvalue weighted by molar-refractivity contribution is 5.82. The maximum Gasteiger partial charge on any atom is 0.240 e. The van der Waals surface area contributed by atoms with Crippen LogP contribution >= 0.6 is 0 Å². The van der Waals surface area contributed by atoms with Crippen LogP contribution in [-0.4, -0.2) is 39.5 Å². The van der Waals surface area contributed by atoms with E-state index in [4.69, 9.17) is 0 Å². The van der Waals surface area contributed by atoms with Gasteiger partial charge in [0.2, 0.25) is 5.91 Å². The predicted octanol–water partition coefficient (Wildman–Crippen LogP) is 0.757. The number of aromatic nitrogens is 2. The first-order chi connectivity index (χ1) is 8.84. The predicted molar refractivity (Wildman–Crippen MR) is 67.9 cm³/mol. The zero-order chi connectivity index (χ0) is 12.4. The SMILES string of the molecule is O=C(C1CCCCCN1)N1CCn2ccnc2C1. The number of hydrogen-bond donors (Lipinski definition) is 1. The molecule has 0 spiro atoms. The lowest BCUT2D eigenvalue weighted by Crippen LogP contribution is -2.48. The van der Waals surface area contributed by atoms with Crippen molar-refractivity contribution in [2.45, 2.75) is 44.8 Å². The first kappa shape index (κ1) is 11.7. The van der Waals surface area contributed by atoms with Gasteiger partial charge in [0.1, 0.15) is 5.82 Å². The Kier molecular flexibility index (Phi) is 3.32. The van der Waals surface area contributed by atoms with Crippen LogP contribution in [0, 0.1) is 0 Å². The average Bonchev–Trinajstić information content (AvgIpc) is 2.69. The van der Waals surface area contributed by atoms with E-state index in [-0.39, 0.29) is 11.9 Å². The van der Waals surface area contributed by atoms with E-state index in [1.165, 1.54) is 12.8 Å². The smallest absolute Gasteiger partial charge is 0.240 e. The summed E-state index contributed by atoms with van der Waals surface area (Å²) >= 11 is 0. The van der Waals surface area contributed by atoms with Crippen LogP contribution in [0.2, 0.25) is 0 Å². The molecule has 18 heavy (non-hydrogen) atoms. The number of nitrogens with one attached hydrogen (secondary N) is 1. The molecule has 1 unspecified atom stereocenters. The Labute approximate surface area is 107 Å². The Balaban J connectivity index is 1.66. The van der Waals surface area contributed by atoms with Crippen molar-refractivity contribution in [2.24, 2.45) is 0 Å². The molecule has 0 aromatic carbocycles. The van der Waals surface area contributed by atoms with Crippen molar-refractivity contribution in [3.63, 3.8) is 0 Å². The number of carbonyl (C=O) groups excluding carboxylic acids is 1. The van der Waals surface area contributed by atoms with Gasteiger partial charge in [0.25, 0.3) is 0 Å². The van der Waals surface area contributed by atoms with E-state index in [0.29, 0.717) is 6.54 Å². The number of fused-ring (bicyclic) bond motifs is 1. The Morgan fingerprint density at radius 2 is 2.28 bits per heavy atom. The molecule has 98 valence electrons. The summed E-state index contributed by atoms with van der Waals surface area (Å²) in [5.74, 6) is 1.26. The normalized spacial score (nSPS) is 24.4. The van der Waals surface area contributed by atoms with Crippen LogP contribution < -0.4 is 5.32 Å². The summed E-state index contributed by atoms with van der Waals surface area (Å²) < 4.78 is 2.13. The molecule has 1 N–H and O–H groups in total. The third-order valence-electron chi connectivity index (χ3n) is 3.91. The Hall–Kier alpha value is -1.36. The van der Waals surface area contributed by atoms with Crippen molar-refractivity contribution in [3.8, 4) is 0 Å². The highest BCUT2D eigenvalue weighted by atomic mass is 16.2. The van der Waals surface area contributed by atoms with Crippen molar-refractivity contribution in [1.82, 2.24) is 19.8 Å². The molecule has 0 bridgehead atoms. The molecule has 1 saturated heterocycles. The van der Waals surface area contributed by atoms with Crippen molar-refractivity contribution < 1.29 is 4.79 Å². The van der Waals surface area contributed by atoms with Crippen LogP contribution in [0.25, 0.3) is 0 Å². The zero-order valence-corrected chi connectivity index (χ0v) is 10.6. The number of rotatable bonds is 1. The fourth-order valence-corrected chi connectivity index (χ4v) is 2.82. The van der Waals surface area contributed by atoms with Crippen LogP contribution in [-0.2, 0) is 17.9 Å². The van der Waals surface area contributed by atoms with E-state index in [9.17, 15) is 4.79 Å². The van der Waals surface area contributed by atoms with Crippen LogP contribution in [0.1, 0.15) is 31.5 Å². The summed E-state index contributed by atoms with van der Waals surface area (Å²) in [6.07, 6.45) is 8.36. The van der Waals surface area contributed by atoms with Gasteiger partial charge in [-0.25, -0.2) is 4.98 Å². The fourth-order valence-electron chi connectivity index (χ4n) is 2.82. The number of carbonyl (C=O) groups is 1. The summed E-state index contributed by atoms with van der Waals surface area (Å²) in [4.78, 5) is 18.7. The molecule has 1 amide bonds.